The third-order valence-corrected chi connectivity index (χ3v) is 6.87. The number of carbonyl (C=O) groups is 2. The number of hydrogen-bond acceptors (Lipinski definition) is 7. The number of aryl methyl sites for hydroxylation is 1. The highest BCUT2D eigenvalue weighted by molar-refractivity contribution is 6.09. The Bertz CT molecular complexity index is 1640. The Labute approximate surface area is 237 Å². The van der Waals surface area contributed by atoms with Crippen LogP contribution in [0.15, 0.2) is 84.2 Å². The minimum atomic E-state index is -0.717. The van der Waals surface area contributed by atoms with Crippen molar-refractivity contribution in [2.24, 2.45) is 0 Å². The molecule has 10 heteroatoms. The van der Waals surface area contributed by atoms with Crippen molar-refractivity contribution >= 4 is 29.0 Å². The number of amides is 2. The molecule has 0 fully saturated rings. The fraction of sp³-hybridized carbons (Fsp3) is 0.194. The Kier molecular flexibility index (Phi) is 7.64. The molecule has 0 saturated carbocycles. The van der Waals surface area contributed by atoms with Crippen molar-refractivity contribution in [3.05, 3.63) is 101 Å². The average molecular weight is 554 g/mol. The van der Waals surface area contributed by atoms with Crippen LogP contribution in [-0.2, 0) is 4.79 Å². The molecule has 1 aromatic heterocycles. The first-order chi connectivity index (χ1) is 19.8. The van der Waals surface area contributed by atoms with Gasteiger partial charge in [0.25, 0.3) is 11.8 Å². The maximum atomic E-state index is 13.8. The zero-order valence-electron chi connectivity index (χ0n) is 23.4. The van der Waals surface area contributed by atoms with Gasteiger partial charge in [-0.2, -0.15) is 5.10 Å². The van der Waals surface area contributed by atoms with E-state index in [9.17, 15) is 9.59 Å². The summed E-state index contributed by atoms with van der Waals surface area (Å²) in [5, 5.41) is 13.8. The monoisotopic (exact) mass is 553 g/mol. The molecule has 5 rings (SSSR count). The minimum absolute atomic E-state index is 0.330. The molecule has 1 aliphatic heterocycles. The van der Waals surface area contributed by atoms with Crippen LogP contribution in [0.25, 0.3) is 0 Å². The Morgan fingerprint density at radius 2 is 1.54 bits per heavy atom. The SMILES string of the molecule is COc1ccc(NC(=O)C2=C(C)Nc3c(C(=O)Nc4cccc(C)c4)cnn3[C@@H]2c2ccc(OC)cc2OC)cc1. The first-order valence-corrected chi connectivity index (χ1v) is 12.9. The van der Waals surface area contributed by atoms with Gasteiger partial charge in [0.15, 0.2) is 0 Å². The van der Waals surface area contributed by atoms with Gasteiger partial charge in [0, 0.05) is 28.7 Å². The standard InChI is InChI=1S/C31H31N5O5/c1-18-7-6-8-21(15-18)35-30(37)25-17-32-36-28(24-14-13-23(40-4)16-26(24)41-5)27(19(2)33-29(25)36)31(38)34-20-9-11-22(39-3)12-10-20/h6-17,28,33H,1-5H3,(H,34,38)(H,35,37)/t28-/m1/s1. The van der Waals surface area contributed by atoms with Crippen molar-refractivity contribution in [2.75, 3.05) is 37.3 Å². The molecule has 2 amide bonds. The van der Waals surface area contributed by atoms with E-state index in [1.807, 2.05) is 37.3 Å². The summed E-state index contributed by atoms with van der Waals surface area (Å²) in [7, 11) is 4.71. The molecule has 0 saturated heterocycles. The Hall–Kier alpha value is -5.25. The lowest BCUT2D eigenvalue weighted by Crippen LogP contribution is -2.32. The molecule has 3 N–H and O–H groups in total. The number of hydrogen-bond donors (Lipinski definition) is 3. The number of ether oxygens (including phenoxy) is 3. The number of allylic oxidation sites excluding steroid dienone is 1. The summed E-state index contributed by atoms with van der Waals surface area (Å²) in [6.45, 7) is 3.75. The number of nitrogens with zero attached hydrogens (tertiary/aromatic N) is 2. The molecule has 2 heterocycles. The van der Waals surface area contributed by atoms with E-state index in [2.05, 4.69) is 21.0 Å². The fourth-order valence-electron chi connectivity index (χ4n) is 4.84. The Balaban J connectivity index is 1.57. The van der Waals surface area contributed by atoms with Crippen LogP contribution < -0.4 is 30.2 Å². The van der Waals surface area contributed by atoms with E-state index in [-0.39, 0.29) is 11.8 Å². The highest BCUT2D eigenvalue weighted by atomic mass is 16.5. The summed E-state index contributed by atoms with van der Waals surface area (Å²) in [6.07, 6.45) is 1.49. The summed E-state index contributed by atoms with van der Waals surface area (Å²) >= 11 is 0. The second kappa shape index (κ2) is 11.5. The maximum absolute atomic E-state index is 13.8. The van der Waals surface area contributed by atoms with Crippen LogP contribution in [0.3, 0.4) is 0 Å². The number of anilines is 3. The van der Waals surface area contributed by atoms with Crippen LogP contribution in [0, 0.1) is 6.92 Å². The summed E-state index contributed by atoms with van der Waals surface area (Å²) in [5.41, 5.74) is 4.27. The van der Waals surface area contributed by atoms with Crippen LogP contribution in [0.5, 0.6) is 17.2 Å². The quantitative estimate of drug-likeness (QED) is 0.268. The van der Waals surface area contributed by atoms with Gasteiger partial charge in [-0.25, -0.2) is 4.68 Å². The molecular weight excluding hydrogens is 522 g/mol. The summed E-state index contributed by atoms with van der Waals surface area (Å²) < 4.78 is 18.0. The predicted molar refractivity (Wildman–Crippen MR) is 157 cm³/mol. The molecule has 4 aromatic rings. The normalized spacial score (nSPS) is 14.0. The molecule has 0 spiro atoms. The smallest absolute Gasteiger partial charge is 0.261 e. The van der Waals surface area contributed by atoms with Gasteiger partial charge in [0.1, 0.15) is 34.7 Å². The second-order valence-electron chi connectivity index (χ2n) is 9.53. The van der Waals surface area contributed by atoms with Crippen molar-refractivity contribution in [1.82, 2.24) is 9.78 Å². The molecule has 0 radical (unpaired) electrons. The van der Waals surface area contributed by atoms with Crippen molar-refractivity contribution in [2.45, 2.75) is 19.9 Å². The van der Waals surface area contributed by atoms with E-state index in [1.54, 1.807) is 69.3 Å². The molecule has 3 aromatic carbocycles. The van der Waals surface area contributed by atoms with Crippen molar-refractivity contribution in [1.29, 1.82) is 0 Å². The van der Waals surface area contributed by atoms with E-state index >= 15 is 0 Å². The molecular formula is C31H31N5O5. The topological polar surface area (TPSA) is 116 Å². The lowest BCUT2D eigenvalue weighted by molar-refractivity contribution is -0.113. The molecule has 210 valence electrons. The number of methoxy groups -OCH3 is 3. The summed E-state index contributed by atoms with van der Waals surface area (Å²) in [6, 6.07) is 19.3. The predicted octanol–water partition coefficient (Wildman–Crippen LogP) is 5.40. The number of fused-ring (bicyclic) bond motifs is 1. The largest absolute Gasteiger partial charge is 0.497 e. The van der Waals surface area contributed by atoms with Gasteiger partial charge >= 0.3 is 0 Å². The molecule has 0 bridgehead atoms. The molecule has 0 aliphatic carbocycles. The zero-order valence-corrected chi connectivity index (χ0v) is 23.4. The van der Waals surface area contributed by atoms with Gasteiger partial charge in [-0.3, -0.25) is 9.59 Å². The zero-order chi connectivity index (χ0) is 29.1. The first kappa shape index (κ1) is 27.3. The van der Waals surface area contributed by atoms with Gasteiger partial charge in [-0.05, 0) is 67.9 Å². The van der Waals surface area contributed by atoms with Gasteiger partial charge in [-0.1, -0.05) is 12.1 Å². The van der Waals surface area contributed by atoms with Crippen LogP contribution in [0.2, 0.25) is 0 Å². The Morgan fingerprint density at radius 1 is 0.829 bits per heavy atom. The van der Waals surface area contributed by atoms with Gasteiger partial charge in [-0.15, -0.1) is 0 Å². The highest BCUT2D eigenvalue weighted by Gasteiger charge is 2.37. The average Bonchev–Trinajstić information content (AvgIpc) is 3.40. The molecule has 10 nitrogen and oxygen atoms in total. The highest BCUT2D eigenvalue weighted by Crippen LogP contribution is 2.42. The van der Waals surface area contributed by atoms with Gasteiger partial charge in [0.2, 0.25) is 0 Å². The van der Waals surface area contributed by atoms with Gasteiger partial charge < -0.3 is 30.2 Å². The minimum Gasteiger partial charge on any atom is -0.497 e. The van der Waals surface area contributed by atoms with Crippen LogP contribution in [0.4, 0.5) is 17.2 Å². The molecule has 41 heavy (non-hydrogen) atoms. The first-order valence-electron chi connectivity index (χ1n) is 12.9. The lowest BCUT2D eigenvalue weighted by atomic mass is 9.93. The summed E-state index contributed by atoms with van der Waals surface area (Å²) in [5.74, 6) is 1.57. The van der Waals surface area contributed by atoms with Crippen molar-refractivity contribution in [3.63, 3.8) is 0 Å². The van der Waals surface area contributed by atoms with E-state index in [0.717, 1.165) is 5.56 Å². The van der Waals surface area contributed by atoms with E-state index in [1.165, 1.54) is 6.20 Å². The summed E-state index contributed by atoms with van der Waals surface area (Å²) in [4.78, 5) is 27.2. The van der Waals surface area contributed by atoms with Crippen LogP contribution in [0.1, 0.15) is 34.5 Å². The molecule has 1 atom stereocenters. The lowest BCUT2D eigenvalue weighted by Gasteiger charge is -2.31. The molecule has 0 unspecified atom stereocenters. The van der Waals surface area contributed by atoms with Crippen LogP contribution >= 0.6 is 0 Å². The van der Waals surface area contributed by atoms with E-state index < -0.39 is 6.04 Å². The third-order valence-electron chi connectivity index (χ3n) is 6.87. The van der Waals surface area contributed by atoms with Crippen LogP contribution in [-0.4, -0.2) is 42.9 Å². The Morgan fingerprint density at radius 3 is 2.22 bits per heavy atom. The van der Waals surface area contributed by atoms with Crippen molar-refractivity contribution < 1.29 is 23.8 Å². The number of rotatable bonds is 8. The maximum Gasteiger partial charge on any atom is 0.261 e. The number of nitrogens with one attached hydrogen (secondary N) is 3. The second-order valence-corrected chi connectivity index (χ2v) is 9.53. The molecule has 1 aliphatic rings. The number of aromatic nitrogens is 2. The van der Waals surface area contributed by atoms with Gasteiger partial charge in [0.05, 0.1) is 33.1 Å². The fourth-order valence-corrected chi connectivity index (χ4v) is 4.84. The third kappa shape index (κ3) is 5.44. The van der Waals surface area contributed by atoms with Crippen molar-refractivity contribution in [3.8, 4) is 17.2 Å². The van der Waals surface area contributed by atoms with E-state index in [0.29, 0.717) is 56.8 Å². The number of carbonyl (C=O) groups excluding carboxylic acids is 2. The van der Waals surface area contributed by atoms with E-state index in [4.69, 9.17) is 14.2 Å². The number of benzene rings is 3.